The second-order valence-electron chi connectivity index (χ2n) is 6.28. The lowest BCUT2D eigenvalue weighted by Crippen LogP contribution is -2.18. The molecule has 1 amide bonds. The van der Waals surface area contributed by atoms with Gasteiger partial charge in [-0.1, -0.05) is 0 Å². The first kappa shape index (κ1) is 18.5. The number of fused-ring (bicyclic) bond motifs is 1. The molecule has 27 heavy (non-hydrogen) atoms. The Morgan fingerprint density at radius 3 is 2.41 bits per heavy atom. The van der Waals surface area contributed by atoms with Gasteiger partial charge in [-0.15, -0.1) is 0 Å². The van der Waals surface area contributed by atoms with Crippen molar-refractivity contribution in [2.75, 3.05) is 11.9 Å². The SMILES string of the molecule is CCOC(=O)CC(=O)Nc1cc(-c2nc3cc(C)c(C)cc3nc2C)n[nH]1. The Bertz CT molecular complexity index is 1030. The van der Waals surface area contributed by atoms with E-state index in [4.69, 9.17) is 4.74 Å². The quantitative estimate of drug-likeness (QED) is 0.530. The molecule has 8 nitrogen and oxygen atoms in total. The van der Waals surface area contributed by atoms with Crippen LogP contribution in [0.2, 0.25) is 0 Å². The minimum atomic E-state index is -0.573. The van der Waals surface area contributed by atoms with E-state index in [9.17, 15) is 9.59 Å². The second kappa shape index (κ2) is 7.53. The average Bonchev–Trinajstić information content (AvgIpc) is 3.04. The fraction of sp³-hybridized carbons (Fsp3) is 0.316. The number of hydrogen-bond acceptors (Lipinski definition) is 6. The summed E-state index contributed by atoms with van der Waals surface area (Å²) in [5.41, 5.74) is 5.85. The lowest BCUT2D eigenvalue weighted by molar-refractivity contribution is -0.145. The van der Waals surface area contributed by atoms with Crippen LogP contribution in [0.25, 0.3) is 22.4 Å². The zero-order valence-electron chi connectivity index (χ0n) is 15.7. The maximum atomic E-state index is 11.9. The smallest absolute Gasteiger partial charge is 0.315 e. The summed E-state index contributed by atoms with van der Waals surface area (Å²) < 4.78 is 4.76. The van der Waals surface area contributed by atoms with Gasteiger partial charge in [-0.25, -0.2) is 9.97 Å². The molecule has 0 saturated heterocycles. The van der Waals surface area contributed by atoms with Gasteiger partial charge in [-0.05, 0) is 51.0 Å². The topological polar surface area (TPSA) is 110 Å². The number of carbonyl (C=O) groups excluding carboxylic acids is 2. The van der Waals surface area contributed by atoms with Crippen LogP contribution in [-0.2, 0) is 14.3 Å². The largest absolute Gasteiger partial charge is 0.466 e. The molecule has 3 aromatic rings. The average molecular weight is 367 g/mol. The van der Waals surface area contributed by atoms with Gasteiger partial charge in [0.25, 0.3) is 0 Å². The number of ether oxygens (including phenoxy) is 1. The van der Waals surface area contributed by atoms with Crippen molar-refractivity contribution >= 4 is 28.7 Å². The molecular formula is C19H21N5O3. The minimum absolute atomic E-state index is 0.235. The predicted molar refractivity (Wildman–Crippen MR) is 101 cm³/mol. The summed E-state index contributed by atoms with van der Waals surface area (Å²) >= 11 is 0. The molecule has 0 atom stereocenters. The van der Waals surface area contributed by atoms with Gasteiger partial charge in [-0.2, -0.15) is 5.10 Å². The number of aromatic amines is 1. The van der Waals surface area contributed by atoms with Gasteiger partial charge in [0.05, 0.1) is 23.3 Å². The fourth-order valence-electron chi connectivity index (χ4n) is 2.69. The van der Waals surface area contributed by atoms with Crippen LogP contribution in [0.4, 0.5) is 5.82 Å². The number of esters is 1. The van der Waals surface area contributed by atoms with Crippen LogP contribution in [0.5, 0.6) is 0 Å². The van der Waals surface area contributed by atoms with Crippen LogP contribution in [0.15, 0.2) is 18.2 Å². The molecule has 140 valence electrons. The van der Waals surface area contributed by atoms with Crippen LogP contribution < -0.4 is 5.32 Å². The van der Waals surface area contributed by atoms with Gasteiger partial charge >= 0.3 is 5.97 Å². The number of hydrogen-bond donors (Lipinski definition) is 2. The fourth-order valence-corrected chi connectivity index (χ4v) is 2.69. The molecule has 0 saturated carbocycles. The lowest BCUT2D eigenvalue weighted by atomic mass is 10.1. The van der Waals surface area contributed by atoms with Crippen molar-refractivity contribution in [1.29, 1.82) is 0 Å². The summed E-state index contributed by atoms with van der Waals surface area (Å²) in [5, 5.41) is 9.53. The van der Waals surface area contributed by atoms with Gasteiger partial charge in [0.1, 0.15) is 23.6 Å². The van der Waals surface area contributed by atoms with E-state index < -0.39 is 11.9 Å². The highest BCUT2D eigenvalue weighted by atomic mass is 16.5. The molecule has 8 heteroatoms. The van der Waals surface area contributed by atoms with E-state index >= 15 is 0 Å². The van der Waals surface area contributed by atoms with Crippen LogP contribution >= 0.6 is 0 Å². The molecule has 0 spiro atoms. The normalized spacial score (nSPS) is 10.8. The highest BCUT2D eigenvalue weighted by molar-refractivity contribution is 6.01. The molecule has 3 rings (SSSR count). The van der Waals surface area contributed by atoms with E-state index in [1.807, 2.05) is 32.9 Å². The number of aromatic nitrogens is 4. The molecule has 2 N–H and O–H groups in total. The monoisotopic (exact) mass is 367 g/mol. The van der Waals surface area contributed by atoms with Crippen molar-refractivity contribution in [2.24, 2.45) is 0 Å². The van der Waals surface area contributed by atoms with Crippen molar-refractivity contribution in [3.63, 3.8) is 0 Å². The Morgan fingerprint density at radius 1 is 1.07 bits per heavy atom. The Morgan fingerprint density at radius 2 is 1.74 bits per heavy atom. The highest BCUT2D eigenvalue weighted by Gasteiger charge is 2.15. The van der Waals surface area contributed by atoms with Crippen LogP contribution in [0.3, 0.4) is 0 Å². The van der Waals surface area contributed by atoms with E-state index in [2.05, 4.69) is 25.5 Å². The molecule has 2 aromatic heterocycles. The third kappa shape index (κ3) is 4.11. The highest BCUT2D eigenvalue weighted by Crippen LogP contribution is 2.24. The van der Waals surface area contributed by atoms with E-state index in [-0.39, 0.29) is 13.0 Å². The molecule has 0 unspecified atom stereocenters. The number of nitrogens with zero attached hydrogens (tertiary/aromatic N) is 3. The first-order valence-electron chi connectivity index (χ1n) is 8.64. The van der Waals surface area contributed by atoms with Crippen molar-refractivity contribution in [3.05, 3.63) is 35.0 Å². The molecule has 0 aliphatic heterocycles. The summed E-state index contributed by atoms with van der Waals surface area (Å²) in [6, 6.07) is 5.67. The standard InChI is InChI=1S/C19H21N5O3/c1-5-27-18(26)9-17(25)22-16-8-15(23-24-16)19-12(4)20-13-6-10(2)11(3)7-14(13)21-19/h6-8H,5,9H2,1-4H3,(H2,22,23,24,25). The molecule has 1 aromatic carbocycles. The number of aryl methyl sites for hydroxylation is 3. The Hall–Kier alpha value is -3.29. The van der Waals surface area contributed by atoms with Crippen molar-refractivity contribution in [2.45, 2.75) is 34.1 Å². The molecule has 0 aliphatic carbocycles. The van der Waals surface area contributed by atoms with Crippen LogP contribution in [0, 0.1) is 20.8 Å². The number of anilines is 1. The molecule has 0 bridgehead atoms. The third-order valence-corrected chi connectivity index (χ3v) is 4.16. The zero-order valence-corrected chi connectivity index (χ0v) is 15.7. The predicted octanol–water partition coefficient (Wildman–Crippen LogP) is 2.84. The van der Waals surface area contributed by atoms with E-state index in [0.717, 1.165) is 27.9 Å². The first-order valence-corrected chi connectivity index (χ1v) is 8.64. The van der Waals surface area contributed by atoms with Crippen LogP contribution in [-0.4, -0.2) is 38.6 Å². The minimum Gasteiger partial charge on any atom is -0.466 e. The summed E-state index contributed by atoms with van der Waals surface area (Å²) in [7, 11) is 0. The number of nitrogens with one attached hydrogen (secondary N) is 2. The van der Waals surface area contributed by atoms with E-state index in [0.29, 0.717) is 17.2 Å². The van der Waals surface area contributed by atoms with Gasteiger partial charge in [-0.3, -0.25) is 14.7 Å². The second-order valence-corrected chi connectivity index (χ2v) is 6.28. The maximum Gasteiger partial charge on any atom is 0.315 e. The first-order chi connectivity index (χ1) is 12.9. The maximum absolute atomic E-state index is 11.9. The number of amides is 1. The molecule has 0 radical (unpaired) electrons. The summed E-state index contributed by atoms with van der Waals surface area (Å²) in [6.45, 7) is 7.86. The van der Waals surface area contributed by atoms with Gasteiger partial charge in [0, 0.05) is 6.07 Å². The van der Waals surface area contributed by atoms with Crippen molar-refractivity contribution in [3.8, 4) is 11.4 Å². The van der Waals surface area contributed by atoms with E-state index in [1.54, 1.807) is 13.0 Å². The number of carbonyl (C=O) groups is 2. The summed E-state index contributed by atoms with van der Waals surface area (Å²) in [6.07, 6.45) is -0.352. The summed E-state index contributed by atoms with van der Waals surface area (Å²) in [5.74, 6) is -0.673. The lowest BCUT2D eigenvalue weighted by Gasteiger charge is -2.07. The zero-order chi connectivity index (χ0) is 19.6. The van der Waals surface area contributed by atoms with Crippen molar-refractivity contribution in [1.82, 2.24) is 20.2 Å². The molecular weight excluding hydrogens is 346 g/mol. The van der Waals surface area contributed by atoms with Gasteiger partial charge < -0.3 is 10.1 Å². The number of rotatable bonds is 5. The Labute approximate surface area is 156 Å². The number of H-pyrrole nitrogens is 1. The molecule has 0 aliphatic rings. The Balaban J connectivity index is 1.83. The van der Waals surface area contributed by atoms with Crippen LogP contribution in [0.1, 0.15) is 30.2 Å². The van der Waals surface area contributed by atoms with E-state index in [1.165, 1.54) is 0 Å². The van der Waals surface area contributed by atoms with Gasteiger partial charge in [0.15, 0.2) is 0 Å². The van der Waals surface area contributed by atoms with Gasteiger partial charge in [0.2, 0.25) is 5.91 Å². The molecule has 0 fully saturated rings. The Kier molecular flexibility index (Phi) is 5.16. The van der Waals surface area contributed by atoms with Crippen molar-refractivity contribution < 1.29 is 14.3 Å². The number of benzene rings is 1. The third-order valence-electron chi connectivity index (χ3n) is 4.16. The molecule has 2 heterocycles. The summed E-state index contributed by atoms with van der Waals surface area (Å²) in [4.78, 5) is 32.5.